The third-order valence-electron chi connectivity index (χ3n) is 1.96. The third kappa shape index (κ3) is 1.90. The fraction of sp³-hybridized carbons (Fsp3) is 0.100. The zero-order chi connectivity index (χ0) is 11.5. The average molecular weight is 235 g/mol. The van der Waals surface area contributed by atoms with Crippen LogP contribution in [0.5, 0.6) is 0 Å². The number of aromatic nitrogens is 4. The van der Waals surface area contributed by atoms with E-state index in [1.807, 2.05) is 0 Å². The minimum Gasteiger partial charge on any atom is -0.298 e. The highest BCUT2D eigenvalue weighted by atomic mass is 35.5. The normalized spacial score (nSPS) is 10.1. The van der Waals surface area contributed by atoms with E-state index in [1.54, 1.807) is 19.3 Å². The Kier molecular flexibility index (Phi) is 2.87. The number of hydrogen-bond acceptors (Lipinski definition) is 5. The lowest BCUT2D eigenvalue weighted by Gasteiger charge is -2.05. The summed E-state index contributed by atoms with van der Waals surface area (Å²) in [5.41, 5.74) is 1.34. The Morgan fingerprint density at radius 3 is 2.56 bits per heavy atom. The van der Waals surface area contributed by atoms with Crippen molar-refractivity contribution in [1.29, 1.82) is 0 Å². The van der Waals surface area contributed by atoms with E-state index < -0.39 is 0 Å². The summed E-state index contributed by atoms with van der Waals surface area (Å²) >= 11 is 5.86. The molecule has 2 heterocycles. The molecule has 0 fully saturated rings. The first kappa shape index (κ1) is 10.6. The molecule has 0 aliphatic heterocycles. The largest absolute Gasteiger partial charge is 0.298 e. The number of rotatable bonds is 2. The van der Waals surface area contributed by atoms with Crippen molar-refractivity contribution in [2.24, 2.45) is 0 Å². The topological polar surface area (TPSA) is 68.6 Å². The molecule has 2 aromatic rings. The fourth-order valence-electron chi connectivity index (χ4n) is 1.29. The molecule has 2 aromatic heterocycles. The molecular weight excluding hydrogens is 228 g/mol. The SMILES string of the molecule is Cc1nc(Cl)c(C=O)c(-c2cncnc2)n1. The number of aryl methyl sites for hydroxylation is 1. The van der Waals surface area contributed by atoms with Gasteiger partial charge in [-0.05, 0) is 6.92 Å². The Balaban J connectivity index is 2.69. The number of nitrogens with zero attached hydrogens (tertiary/aromatic N) is 4. The Morgan fingerprint density at radius 2 is 1.94 bits per heavy atom. The van der Waals surface area contributed by atoms with Crippen LogP contribution < -0.4 is 0 Å². The van der Waals surface area contributed by atoms with Gasteiger partial charge in [-0.1, -0.05) is 11.6 Å². The first-order chi connectivity index (χ1) is 7.72. The highest BCUT2D eigenvalue weighted by molar-refractivity contribution is 6.32. The van der Waals surface area contributed by atoms with Crippen LogP contribution in [0.4, 0.5) is 0 Å². The van der Waals surface area contributed by atoms with Gasteiger partial charge in [-0.3, -0.25) is 4.79 Å². The molecule has 0 aliphatic rings. The number of halogens is 1. The monoisotopic (exact) mass is 234 g/mol. The van der Waals surface area contributed by atoms with Crippen LogP contribution >= 0.6 is 11.6 Å². The number of carbonyl (C=O) groups excluding carboxylic acids is 1. The minimum absolute atomic E-state index is 0.140. The van der Waals surface area contributed by atoms with E-state index in [1.165, 1.54) is 6.33 Å². The van der Waals surface area contributed by atoms with Crippen LogP contribution in [0, 0.1) is 6.92 Å². The zero-order valence-electron chi connectivity index (χ0n) is 8.38. The second-order valence-electron chi connectivity index (χ2n) is 3.07. The molecule has 0 aromatic carbocycles. The molecule has 5 nitrogen and oxygen atoms in total. The zero-order valence-corrected chi connectivity index (χ0v) is 9.14. The van der Waals surface area contributed by atoms with Gasteiger partial charge in [-0.25, -0.2) is 19.9 Å². The van der Waals surface area contributed by atoms with Crippen LogP contribution in [0.25, 0.3) is 11.3 Å². The Hall–Kier alpha value is -1.88. The molecule has 6 heteroatoms. The van der Waals surface area contributed by atoms with Crippen molar-refractivity contribution in [3.8, 4) is 11.3 Å². The molecule has 0 radical (unpaired) electrons. The Labute approximate surface area is 96.6 Å². The molecule has 0 amide bonds. The van der Waals surface area contributed by atoms with E-state index in [2.05, 4.69) is 19.9 Å². The molecule has 0 unspecified atom stereocenters. The smallest absolute Gasteiger partial charge is 0.155 e. The lowest BCUT2D eigenvalue weighted by molar-refractivity contribution is 0.112. The van der Waals surface area contributed by atoms with Crippen molar-refractivity contribution in [3.63, 3.8) is 0 Å². The summed E-state index contributed by atoms with van der Waals surface area (Å²) < 4.78 is 0. The van der Waals surface area contributed by atoms with Crippen LogP contribution in [0.1, 0.15) is 16.2 Å². The summed E-state index contributed by atoms with van der Waals surface area (Å²) in [5.74, 6) is 0.495. The van der Waals surface area contributed by atoms with Crippen LogP contribution in [-0.2, 0) is 0 Å². The molecule has 2 rings (SSSR count). The van der Waals surface area contributed by atoms with Crippen LogP contribution in [0.2, 0.25) is 5.15 Å². The van der Waals surface area contributed by atoms with Crippen molar-refractivity contribution in [2.75, 3.05) is 0 Å². The van der Waals surface area contributed by atoms with Crippen LogP contribution in [-0.4, -0.2) is 26.2 Å². The molecular formula is C10H7ClN4O. The van der Waals surface area contributed by atoms with E-state index in [4.69, 9.17) is 11.6 Å². The second kappa shape index (κ2) is 4.32. The molecule has 0 saturated carbocycles. The molecule has 0 spiro atoms. The summed E-state index contributed by atoms with van der Waals surface area (Å²) in [7, 11) is 0. The standard InChI is InChI=1S/C10H7ClN4O/c1-6-14-9(7-2-12-5-13-3-7)8(4-16)10(11)15-6/h2-5H,1H3. The van der Waals surface area contributed by atoms with Gasteiger partial charge in [0.05, 0.1) is 11.3 Å². The number of carbonyl (C=O) groups is 1. The molecule has 16 heavy (non-hydrogen) atoms. The van der Waals surface area contributed by atoms with Gasteiger partial charge in [0.2, 0.25) is 0 Å². The molecule has 0 bridgehead atoms. The van der Waals surface area contributed by atoms with E-state index in [9.17, 15) is 4.79 Å². The van der Waals surface area contributed by atoms with Crippen molar-refractivity contribution in [3.05, 3.63) is 35.3 Å². The van der Waals surface area contributed by atoms with Gasteiger partial charge in [0.15, 0.2) is 6.29 Å². The van der Waals surface area contributed by atoms with E-state index >= 15 is 0 Å². The van der Waals surface area contributed by atoms with Gasteiger partial charge in [-0.2, -0.15) is 0 Å². The maximum Gasteiger partial charge on any atom is 0.155 e. The lowest BCUT2D eigenvalue weighted by atomic mass is 10.1. The minimum atomic E-state index is 0.140. The fourth-order valence-corrected chi connectivity index (χ4v) is 1.55. The van der Waals surface area contributed by atoms with E-state index in [-0.39, 0.29) is 10.7 Å². The lowest BCUT2D eigenvalue weighted by Crippen LogP contribution is -1.99. The van der Waals surface area contributed by atoms with Gasteiger partial charge in [0, 0.05) is 18.0 Å². The molecule has 0 atom stereocenters. The van der Waals surface area contributed by atoms with Crippen LogP contribution in [0.15, 0.2) is 18.7 Å². The van der Waals surface area contributed by atoms with E-state index in [0.29, 0.717) is 23.4 Å². The molecule has 0 aliphatic carbocycles. The van der Waals surface area contributed by atoms with E-state index in [0.717, 1.165) is 0 Å². The predicted octanol–water partition coefficient (Wildman–Crippen LogP) is 1.71. The maximum absolute atomic E-state index is 10.9. The number of hydrogen-bond donors (Lipinski definition) is 0. The average Bonchev–Trinajstić information content (AvgIpc) is 2.29. The Morgan fingerprint density at radius 1 is 1.25 bits per heavy atom. The number of aldehydes is 1. The first-order valence-electron chi connectivity index (χ1n) is 4.47. The molecule has 80 valence electrons. The van der Waals surface area contributed by atoms with Crippen molar-refractivity contribution in [1.82, 2.24) is 19.9 Å². The van der Waals surface area contributed by atoms with Gasteiger partial charge >= 0.3 is 0 Å². The summed E-state index contributed by atoms with van der Waals surface area (Å²) in [6, 6.07) is 0. The van der Waals surface area contributed by atoms with Crippen molar-refractivity contribution >= 4 is 17.9 Å². The molecule has 0 saturated heterocycles. The highest BCUT2D eigenvalue weighted by Crippen LogP contribution is 2.23. The van der Waals surface area contributed by atoms with Crippen molar-refractivity contribution in [2.45, 2.75) is 6.92 Å². The summed E-state index contributed by atoms with van der Waals surface area (Å²) in [6.07, 6.45) is 5.17. The highest BCUT2D eigenvalue weighted by Gasteiger charge is 2.12. The Bertz CT molecular complexity index is 530. The first-order valence-corrected chi connectivity index (χ1v) is 4.85. The van der Waals surface area contributed by atoms with Gasteiger partial charge in [0.1, 0.15) is 17.3 Å². The van der Waals surface area contributed by atoms with Gasteiger partial charge < -0.3 is 0 Å². The molecule has 0 N–H and O–H groups in total. The summed E-state index contributed by atoms with van der Waals surface area (Å²) in [5, 5.41) is 0.140. The maximum atomic E-state index is 10.9. The quantitative estimate of drug-likeness (QED) is 0.584. The van der Waals surface area contributed by atoms with Gasteiger partial charge in [-0.15, -0.1) is 0 Å². The summed E-state index contributed by atoms with van der Waals surface area (Å²) in [6.45, 7) is 1.70. The van der Waals surface area contributed by atoms with Gasteiger partial charge in [0.25, 0.3) is 0 Å². The van der Waals surface area contributed by atoms with Crippen molar-refractivity contribution < 1.29 is 4.79 Å². The predicted molar refractivity (Wildman–Crippen MR) is 58.2 cm³/mol. The second-order valence-corrected chi connectivity index (χ2v) is 3.43. The third-order valence-corrected chi connectivity index (χ3v) is 2.25. The van der Waals surface area contributed by atoms with Crippen LogP contribution in [0.3, 0.4) is 0 Å². The summed E-state index contributed by atoms with van der Waals surface area (Å²) in [4.78, 5) is 26.7.